The SMILES string of the molecule is CCN(C)c1ccc2c(-c3ccccc3C(=O)O)c3c(=O)oc4cc(=[N+]5CCOCC5)ccc4c3oc2c1. The summed E-state index contributed by atoms with van der Waals surface area (Å²) < 4.78 is 20.0. The van der Waals surface area contributed by atoms with Crippen molar-refractivity contribution in [3.05, 3.63) is 82.0 Å². The van der Waals surface area contributed by atoms with Gasteiger partial charge in [0.05, 0.1) is 17.0 Å². The molecule has 8 heteroatoms. The average Bonchev–Trinajstić information content (AvgIpc) is 2.95. The monoisotopic (exact) mass is 511 g/mol. The van der Waals surface area contributed by atoms with Crippen LogP contribution in [0, 0.1) is 0 Å². The Morgan fingerprint density at radius 1 is 0.974 bits per heavy atom. The topological polar surface area (TPSA) is 96.1 Å². The number of anilines is 1. The van der Waals surface area contributed by atoms with E-state index in [1.807, 2.05) is 43.4 Å². The van der Waals surface area contributed by atoms with Crippen LogP contribution in [0.4, 0.5) is 5.69 Å². The molecule has 6 rings (SSSR count). The van der Waals surface area contributed by atoms with Crippen molar-refractivity contribution in [3.63, 3.8) is 0 Å². The van der Waals surface area contributed by atoms with Gasteiger partial charge in [-0.2, -0.15) is 0 Å². The summed E-state index contributed by atoms with van der Waals surface area (Å²) in [5.74, 6) is -1.08. The number of hydrogen-bond donors (Lipinski definition) is 1. The molecule has 0 amide bonds. The molecule has 0 aliphatic carbocycles. The quantitative estimate of drug-likeness (QED) is 0.166. The van der Waals surface area contributed by atoms with Gasteiger partial charge in [-0.15, -0.1) is 0 Å². The Kier molecular flexibility index (Phi) is 5.96. The molecule has 192 valence electrons. The number of hydrogen-bond acceptors (Lipinski definition) is 6. The summed E-state index contributed by atoms with van der Waals surface area (Å²) in [6.45, 7) is 5.64. The zero-order valence-corrected chi connectivity index (χ0v) is 21.2. The number of carboxylic acids is 1. The minimum atomic E-state index is -1.08. The Bertz CT molecular complexity index is 1860. The Hall–Kier alpha value is -4.43. The van der Waals surface area contributed by atoms with Crippen LogP contribution in [0.1, 0.15) is 17.3 Å². The smallest absolute Gasteiger partial charge is 0.348 e. The fourth-order valence-electron chi connectivity index (χ4n) is 5.14. The van der Waals surface area contributed by atoms with Crippen molar-refractivity contribution >= 4 is 44.6 Å². The minimum Gasteiger partial charge on any atom is -0.478 e. The highest BCUT2D eigenvalue weighted by molar-refractivity contribution is 6.16. The van der Waals surface area contributed by atoms with Crippen LogP contribution in [0.25, 0.3) is 44.0 Å². The number of morpholine rings is 1. The maximum Gasteiger partial charge on any atom is 0.348 e. The third-order valence-electron chi connectivity index (χ3n) is 7.26. The molecule has 2 aromatic heterocycles. The van der Waals surface area contributed by atoms with E-state index in [2.05, 4.69) is 16.4 Å². The van der Waals surface area contributed by atoms with Crippen LogP contribution in [-0.4, -0.2) is 51.0 Å². The molecule has 38 heavy (non-hydrogen) atoms. The summed E-state index contributed by atoms with van der Waals surface area (Å²) in [5.41, 5.74) is 2.70. The molecule has 1 N–H and O–H groups in total. The Balaban J connectivity index is 1.76. The lowest BCUT2D eigenvalue weighted by Crippen LogP contribution is -2.39. The molecule has 1 aliphatic rings. The molecule has 0 saturated carbocycles. The first-order valence-corrected chi connectivity index (χ1v) is 12.6. The first-order valence-electron chi connectivity index (χ1n) is 12.6. The van der Waals surface area contributed by atoms with Crippen molar-refractivity contribution in [2.24, 2.45) is 0 Å². The van der Waals surface area contributed by atoms with Crippen molar-refractivity contribution in [1.29, 1.82) is 0 Å². The third-order valence-corrected chi connectivity index (χ3v) is 7.26. The lowest BCUT2D eigenvalue weighted by molar-refractivity contribution is 0.0697. The van der Waals surface area contributed by atoms with E-state index in [0.29, 0.717) is 51.9 Å². The molecule has 1 aliphatic heterocycles. The number of ether oxygens (including phenoxy) is 1. The van der Waals surface area contributed by atoms with Crippen LogP contribution in [0.15, 0.2) is 74.3 Å². The van der Waals surface area contributed by atoms with Crippen LogP contribution >= 0.6 is 0 Å². The minimum absolute atomic E-state index is 0.0956. The third kappa shape index (κ3) is 3.94. The first kappa shape index (κ1) is 23.9. The van der Waals surface area contributed by atoms with Crippen molar-refractivity contribution in [1.82, 2.24) is 4.58 Å². The molecule has 3 heterocycles. The van der Waals surface area contributed by atoms with Crippen molar-refractivity contribution in [2.45, 2.75) is 6.92 Å². The maximum atomic E-state index is 13.6. The second kappa shape index (κ2) is 9.46. The molecule has 0 radical (unpaired) electrons. The molecule has 0 unspecified atom stereocenters. The predicted octanol–water partition coefficient (Wildman–Crippen LogP) is 4.32. The van der Waals surface area contributed by atoms with Gasteiger partial charge in [-0.05, 0) is 36.8 Å². The van der Waals surface area contributed by atoms with Gasteiger partial charge in [-0.25, -0.2) is 14.2 Å². The second-order valence-electron chi connectivity index (χ2n) is 9.40. The van der Waals surface area contributed by atoms with Gasteiger partial charge < -0.3 is 23.6 Å². The van der Waals surface area contributed by atoms with Crippen molar-refractivity contribution < 1.29 is 23.5 Å². The summed E-state index contributed by atoms with van der Waals surface area (Å²) in [6, 6.07) is 18.2. The van der Waals surface area contributed by atoms with Gasteiger partial charge in [0.2, 0.25) is 5.36 Å². The number of rotatable bonds is 4. The van der Waals surface area contributed by atoms with Gasteiger partial charge in [-0.3, -0.25) is 0 Å². The maximum absolute atomic E-state index is 13.6. The van der Waals surface area contributed by atoms with Gasteiger partial charge in [0.15, 0.2) is 18.7 Å². The number of nitrogens with zero attached hydrogens (tertiary/aromatic N) is 2. The number of fused-ring (bicyclic) bond motifs is 4. The van der Waals surface area contributed by atoms with Crippen LogP contribution < -0.4 is 20.5 Å². The fourth-order valence-corrected chi connectivity index (χ4v) is 5.14. The molecule has 1 saturated heterocycles. The summed E-state index contributed by atoms with van der Waals surface area (Å²) >= 11 is 0. The number of carbonyl (C=O) groups is 1. The Morgan fingerprint density at radius 2 is 1.71 bits per heavy atom. The highest BCUT2D eigenvalue weighted by Gasteiger charge is 2.23. The second-order valence-corrected chi connectivity index (χ2v) is 9.40. The summed E-state index contributed by atoms with van der Waals surface area (Å²) in [5, 5.41) is 12.4. The van der Waals surface area contributed by atoms with E-state index in [1.165, 1.54) is 6.07 Å². The standard InChI is InChI=1S/C30H26N2O6/c1-3-31(2)18-8-10-22-24(16-18)37-28-23-11-9-19(32-12-14-36-15-13-32)17-25(23)38-30(35)27(28)26(22)20-6-4-5-7-21(20)29(33)34/h4-11,16-17H,3,12-15H2,1-2H3/p+1. The van der Waals surface area contributed by atoms with E-state index in [0.717, 1.165) is 30.7 Å². The fraction of sp³-hybridized carbons (Fsp3) is 0.233. The van der Waals surface area contributed by atoms with Crippen LogP contribution in [0.5, 0.6) is 0 Å². The van der Waals surface area contributed by atoms with Gasteiger partial charge in [0.25, 0.3) is 0 Å². The van der Waals surface area contributed by atoms with Gasteiger partial charge in [-0.1, -0.05) is 18.2 Å². The van der Waals surface area contributed by atoms with E-state index < -0.39 is 11.6 Å². The largest absolute Gasteiger partial charge is 0.478 e. The molecule has 0 atom stereocenters. The summed E-state index contributed by atoms with van der Waals surface area (Å²) in [7, 11) is 1.99. The van der Waals surface area contributed by atoms with E-state index in [1.54, 1.807) is 18.2 Å². The zero-order chi connectivity index (χ0) is 26.4. The van der Waals surface area contributed by atoms with Gasteiger partial charge >= 0.3 is 11.6 Å². The van der Waals surface area contributed by atoms with E-state index in [9.17, 15) is 14.7 Å². The number of carboxylic acid groups (broad SMARTS) is 1. The molecule has 0 bridgehead atoms. The Labute approximate surface area is 217 Å². The van der Waals surface area contributed by atoms with E-state index >= 15 is 0 Å². The first-order chi connectivity index (χ1) is 18.5. The molecule has 3 aromatic carbocycles. The highest BCUT2D eigenvalue weighted by Crippen LogP contribution is 2.39. The normalized spacial score (nSPS) is 13.9. The van der Waals surface area contributed by atoms with Crippen molar-refractivity contribution in [2.75, 3.05) is 44.8 Å². The predicted molar refractivity (Wildman–Crippen MR) is 147 cm³/mol. The molecular formula is C30H27N2O6+. The molecule has 5 aromatic rings. The van der Waals surface area contributed by atoms with Crippen LogP contribution in [0.2, 0.25) is 0 Å². The summed E-state index contributed by atoms with van der Waals surface area (Å²) in [6.07, 6.45) is 0. The molecular weight excluding hydrogens is 484 g/mol. The number of aromatic carboxylic acids is 1. The van der Waals surface area contributed by atoms with Crippen LogP contribution in [0.3, 0.4) is 0 Å². The van der Waals surface area contributed by atoms with Crippen LogP contribution in [-0.2, 0) is 4.74 Å². The lowest BCUT2D eigenvalue weighted by Gasteiger charge is -2.18. The van der Waals surface area contributed by atoms with Crippen molar-refractivity contribution in [3.8, 4) is 11.1 Å². The summed E-state index contributed by atoms with van der Waals surface area (Å²) in [4.78, 5) is 27.9. The zero-order valence-electron chi connectivity index (χ0n) is 21.2. The molecule has 8 nitrogen and oxygen atoms in total. The van der Waals surface area contributed by atoms with Gasteiger partial charge in [0, 0.05) is 42.4 Å². The molecule has 1 fully saturated rings. The highest BCUT2D eigenvalue weighted by atomic mass is 16.5. The molecule has 0 spiro atoms. The Morgan fingerprint density at radius 3 is 2.47 bits per heavy atom. The van der Waals surface area contributed by atoms with E-state index in [4.69, 9.17) is 13.6 Å². The van der Waals surface area contributed by atoms with Gasteiger partial charge in [0.1, 0.15) is 29.8 Å². The lowest BCUT2D eigenvalue weighted by atomic mass is 9.93. The van der Waals surface area contributed by atoms with E-state index in [-0.39, 0.29) is 10.9 Å². The average molecular weight is 512 g/mol. The number of benzene rings is 3.